The summed E-state index contributed by atoms with van der Waals surface area (Å²) in [7, 11) is 0. The number of carbonyl (C=O) groups excluding carboxylic acids is 3. The van der Waals surface area contributed by atoms with E-state index in [2.05, 4.69) is 9.69 Å². The quantitative estimate of drug-likeness (QED) is 0.389. The fourth-order valence-electron chi connectivity index (χ4n) is 4.55. The van der Waals surface area contributed by atoms with Crippen LogP contribution in [0.15, 0.2) is 48.5 Å². The standard InChI is InChI=1S/C27H31N5O4S/c1-3-36-20-11-7-6-10-19(20)32(27(35)24-21(28)22(25(29)33)31-37-24)23(17-14-12-16(2)13-15-17)26(34)30-18-8-4-5-9-18/h6-7,10-15,18,23H,3-5,8-9,28H2,1-2H3,(H2,29,33)(H,30,34). The smallest absolute Gasteiger partial charge is 0.273 e. The molecule has 0 radical (unpaired) electrons. The van der Waals surface area contributed by atoms with Crippen LogP contribution in [-0.4, -0.2) is 34.7 Å². The minimum Gasteiger partial charge on any atom is -0.492 e. The van der Waals surface area contributed by atoms with Crippen molar-refractivity contribution in [1.82, 2.24) is 9.69 Å². The van der Waals surface area contributed by atoms with Gasteiger partial charge in [-0.2, -0.15) is 4.37 Å². The molecule has 3 aromatic rings. The highest BCUT2D eigenvalue weighted by Gasteiger charge is 2.38. The van der Waals surface area contributed by atoms with Crippen LogP contribution < -0.4 is 26.4 Å². The summed E-state index contributed by atoms with van der Waals surface area (Å²) >= 11 is 0.775. The number of aryl methyl sites for hydroxylation is 1. The van der Waals surface area contributed by atoms with Crippen LogP contribution in [0.1, 0.15) is 69.9 Å². The normalized spacial score (nSPS) is 14.2. The molecule has 1 heterocycles. The number of primary amides is 1. The first-order chi connectivity index (χ1) is 17.8. The molecule has 0 aliphatic heterocycles. The van der Waals surface area contributed by atoms with Crippen molar-refractivity contribution in [1.29, 1.82) is 0 Å². The van der Waals surface area contributed by atoms with Gasteiger partial charge in [-0.25, -0.2) is 0 Å². The molecular weight excluding hydrogens is 490 g/mol. The first kappa shape index (κ1) is 26.2. The van der Waals surface area contributed by atoms with Crippen molar-refractivity contribution in [2.45, 2.75) is 51.6 Å². The van der Waals surface area contributed by atoms with Crippen molar-refractivity contribution in [3.8, 4) is 5.75 Å². The largest absolute Gasteiger partial charge is 0.492 e. The van der Waals surface area contributed by atoms with Crippen molar-refractivity contribution in [3.05, 3.63) is 70.2 Å². The van der Waals surface area contributed by atoms with E-state index in [9.17, 15) is 14.4 Å². The predicted molar refractivity (Wildman–Crippen MR) is 144 cm³/mol. The van der Waals surface area contributed by atoms with Crippen LogP contribution in [0.25, 0.3) is 0 Å². The molecule has 0 bridgehead atoms. The third kappa shape index (κ3) is 5.59. The average Bonchev–Trinajstić information content (AvgIpc) is 3.53. The van der Waals surface area contributed by atoms with Crippen molar-refractivity contribution in [2.75, 3.05) is 17.2 Å². The summed E-state index contributed by atoms with van der Waals surface area (Å²) in [5, 5.41) is 3.15. The summed E-state index contributed by atoms with van der Waals surface area (Å²) in [6.45, 7) is 4.15. The maximum atomic E-state index is 14.2. The van der Waals surface area contributed by atoms with E-state index < -0.39 is 17.9 Å². The highest BCUT2D eigenvalue weighted by Crippen LogP contribution is 2.38. The lowest BCUT2D eigenvalue weighted by atomic mass is 10.0. The molecule has 194 valence electrons. The second-order valence-electron chi connectivity index (χ2n) is 9.02. The molecule has 37 heavy (non-hydrogen) atoms. The Hall–Kier alpha value is -3.92. The Bertz CT molecular complexity index is 1280. The van der Waals surface area contributed by atoms with Crippen LogP contribution >= 0.6 is 11.5 Å². The number of nitrogens with zero attached hydrogens (tertiary/aromatic N) is 2. The number of rotatable bonds is 9. The summed E-state index contributed by atoms with van der Waals surface area (Å²) < 4.78 is 9.86. The van der Waals surface area contributed by atoms with Gasteiger partial charge >= 0.3 is 0 Å². The number of anilines is 2. The van der Waals surface area contributed by atoms with Crippen LogP contribution in [-0.2, 0) is 4.79 Å². The summed E-state index contributed by atoms with van der Waals surface area (Å²) in [6.07, 6.45) is 3.87. The minimum atomic E-state index is -1.03. The third-order valence-electron chi connectivity index (χ3n) is 6.40. The Morgan fingerprint density at radius 1 is 1.14 bits per heavy atom. The summed E-state index contributed by atoms with van der Waals surface area (Å²) in [6, 6.07) is 13.5. The summed E-state index contributed by atoms with van der Waals surface area (Å²) in [5.74, 6) is -1.29. The summed E-state index contributed by atoms with van der Waals surface area (Å²) in [4.78, 5) is 41.4. The topological polar surface area (TPSA) is 141 Å². The second-order valence-corrected chi connectivity index (χ2v) is 9.79. The molecule has 1 unspecified atom stereocenters. The molecular formula is C27H31N5O4S. The molecule has 5 N–H and O–H groups in total. The molecule has 1 atom stereocenters. The minimum absolute atomic E-state index is 0.0193. The van der Waals surface area contributed by atoms with Gasteiger partial charge in [-0.3, -0.25) is 19.3 Å². The van der Waals surface area contributed by atoms with Crippen molar-refractivity contribution in [2.24, 2.45) is 5.73 Å². The van der Waals surface area contributed by atoms with Gasteiger partial charge in [0.15, 0.2) is 5.69 Å². The van der Waals surface area contributed by atoms with Crippen LogP contribution in [0.2, 0.25) is 0 Å². The molecule has 1 aromatic heterocycles. The van der Waals surface area contributed by atoms with Gasteiger partial charge in [-0.1, -0.05) is 54.8 Å². The first-order valence-electron chi connectivity index (χ1n) is 12.3. The third-order valence-corrected chi connectivity index (χ3v) is 7.25. The number of nitrogen functional groups attached to an aromatic ring is 1. The van der Waals surface area contributed by atoms with Gasteiger partial charge in [0.25, 0.3) is 11.8 Å². The van der Waals surface area contributed by atoms with Crippen LogP contribution in [0.5, 0.6) is 5.75 Å². The van der Waals surface area contributed by atoms with Gasteiger partial charge in [0.1, 0.15) is 16.7 Å². The van der Waals surface area contributed by atoms with Crippen molar-refractivity contribution in [3.63, 3.8) is 0 Å². The zero-order chi connectivity index (χ0) is 26.5. The van der Waals surface area contributed by atoms with E-state index in [0.29, 0.717) is 23.6 Å². The number of para-hydroxylation sites is 2. The fourth-order valence-corrected chi connectivity index (χ4v) is 5.30. The SMILES string of the molecule is CCOc1ccccc1N(C(=O)c1snc(C(N)=O)c1N)C(C(=O)NC1CCCC1)c1ccc(C)cc1. The lowest BCUT2D eigenvalue weighted by Crippen LogP contribution is -2.46. The molecule has 9 nitrogen and oxygen atoms in total. The molecule has 2 aromatic carbocycles. The van der Waals surface area contributed by atoms with Crippen LogP contribution in [0.3, 0.4) is 0 Å². The number of aromatic nitrogens is 1. The van der Waals surface area contributed by atoms with E-state index in [4.69, 9.17) is 16.2 Å². The lowest BCUT2D eigenvalue weighted by molar-refractivity contribution is -0.123. The highest BCUT2D eigenvalue weighted by molar-refractivity contribution is 7.09. The van der Waals surface area contributed by atoms with Crippen molar-refractivity contribution < 1.29 is 19.1 Å². The van der Waals surface area contributed by atoms with Gasteiger partial charge in [0, 0.05) is 6.04 Å². The van der Waals surface area contributed by atoms with E-state index in [0.717, 1.165) is 42.8 Å². The maximum absolute atomic E-state index is 14.2. The molecule has 10 heteroatoms. The molecule has 4 rings (SSSR count). The molecule has 1 aliphatic rings. The van der Waals surface area contributed by atoms with E-state index in [1.165, 1.54) is 4.90 Å². The van der Waals surface area contributed by atoms with Gasteiger partial charge < -0.3 is 21.5 Å². The Morgan fingerprint density at radius 2 is 1.81 bits per heavy atom. The molecule has 0 saturated heterocycles. The number of nitrogens with one attached hydrogen (secondary N) is 1. The number of carbonyl (C=O) groups is 3. The average molecular weight is 522 g/mol. The van der Waals surface area contributed by atoms with E-state index in [-0.39, 0.29) is 28.2 Å². The maximum Gasteiger partial charge on any atom is 0.273 e. The molecule has 1 saturated carbocycles. The zero-order valence-electron chi connectivity index (χ0n) is 20.9. The molecule has 3 amide bonds. The second kappa shape index (κ2) is 11.4. The number of ether oxygens (including phenoxy) is 1. The highest BCUT2D eigenvalue weighted by atomic mass is 32.1. The molecule has 1 fully saturated rings. The van der Waals surface area contributed by atoms with E-state index in [1.54, 1.807) is 24.3 Å². The number of amides is 3. The lowest BCUT2D eigenvalue weighted by Gasteiger charge is -2.33. The van der Waals surface area contributed by atoms with Crippen molar-refractivity contribution >= 4 is 40.6 Å². The number of hydrogen-bond donors (Lipinski definition) is 3. The Kier molecular flexibility index (Phi) is 8.08. The number of nitrogens with two attached hydrogens (primary N) is 2. The molecule has 0 spiro atoms. The predicted octanol–water partition coefficient (Wildman–Crippen LogP) is 3.98. The molecule has 1 aliphatic carbocycles. The number of benzene rings is 2. The van der Waals surface area contributed by atoms with Gasteiger partial charge in [-0.05, 0) is 55.9 Å². The first-order valence-corrected chi connectivity index (χ1v) is 13.1. The van der Waals surface area contributed by atoms with E-state index in [1.807, 2.05) is 38.1 Å². The Balaban J connectivity index is 1.89. The number of hydrogen-bond acceptors (Lipinski definition) is 7. The van der Waals surface area contributed by atoms with Crippen LogP contribution in [0.4, 0.5) is 11.4 Å². The Labute approximate surface area is 220 Å². The fraction of sp³-hybridized carbons (Fsp3) is 0.333. The Morgan fingerprint density at radius 3 is 2.43 bits per heavy atom. The monoisotopic (exact) mass is 521 g/mol. The summed E-state index contributed by atoms with van der Waals surface area (Å²) in [5.41, 5.74) is 13.3. The zero-order valence-corrected chi connectivity index (χ0v) is 21.7. The van der Waals surface area contributed by atoms with Gasteiger partial charge in [0.2, 0.25) is 5.91 Å². The van der Waals surface area contributed by atoms with E-state index >= 15 is 0 Å². The van der Waals surface area contributed by atoms with Gasteiger partial charge in [-0.15, -0.1) is 0 Å². The van der Waals surface area contributed by atoms with Gasteiger partial charge in [0.05, 0.1) is 18.0 Å². The van der Waals surface area contributed by atoms with Crippen LogP contribution in [0, 0.1) is 6.92 Å².